The van der Waals surface area contributed by atoms with Crippen molar-refractivity contribution in [2.45, 2.75) is 33.1 Å². The molecule has 0 unspecified atom stereocenters. The van der Waals surface area contributed by atoms with Gasteiger partial charge in [-0.2, -0.15) is 11.8 Å². The van der Waals surface area contributed by atoms with E-state index in [0.29, 0.717) is 0 Å². The maximum absolute atomic E-state index is 10.4. The first-order chi connectivity index (χ1) is 6.98. The molecular weight excluding hydrogens is 210 g/mol. The summed E-state index contributed by atoms with van der Waals surface area (Å²) in [6.45, 7) is 6.28. The molecule has 0 saturated heterocycles. The summed E-state index contributed by atoms with van der Waals surface area (Å²) in [4.78, 5) is 10.4. The Bertz CT molecular complexity index is 183. The van der Waals surface area contributed by atoms with Crippen molar-refractivity contribution in [3.05, 3.63) is 0 Å². The van der Waals surface area contributed by atoms with E-state index in [1.807, 2.05) is 11.8 Å². The Morgan fingerprint density at radius 1 is 1.33 bits per heavy atom. The van der Waals surface area contributed by atoms with Crippen molar-refractivity contribution >= 4 is 17.7 Å². The average Bonchev–Trinajstić information content (AvgIpc) is 2.15. The van der Waals surface area contributed by atoms with Gasteiger partial charge in [0, 0.05) is 18.7 Å². The minimum Gasteiger partial charge on any atom is -0.481 e. The number of carboxylic acids is 1. The summed E-state index contributed by atoms with van der Waals surface area (Å²) in [6, 6.07) is 0. The van der Waals surface area contributed by atoms with Gasteiger partial charge in [-0.1, -0.05) is 13.8 Å². The molecule has 0 bridgehead atoms. The van der Waals surface area contributed by atoms with Gasteiger partial charge in [0.2, 0.25) is 0 Å². The van der Waals surface area contributed by atoms with E-state index in [4.69, 9.17) is 5.11 Å². The lowest BCUT2D eigenvalue weighted by atomic mass is 9.84. The molecule has 0 rings (SSSR count). The summed E-state index contributed by atoms with van der Waals surface area (Å²) in [5.41, 5.74) is 0.130. The monoisotopic (exact) mass is 233 g/mol. The lowest BCUT2D eigenvalue weighted by Crippen LogP contribution is -2.24. The van der Waals surface area contributed by atoms with Crippen LogP contribution in [0.15, 0.2) is 0 Å². The summed E-state index contributed by atoms with van der Waals surface area (Å²) >= 11 is 1.83. The second kappa shape index (κ2) is 7.99. The molecule has 0 aliphatic rings. The van der Waals surface area contributed by atoms with Gasteiger partial charge in [0.25, 0.3) is 0 Å². The van der Waals surface area contributed by atoms with Gasteiger partial charge in [-0.25, -0.2) is 0 Å². The van der Waals surface area contributed by atoms with Gasteiger partial charge in [0.1, 0.15) is 0 Å². The van der Waals surface area contributed by atoms with Crippen LogP contribution in [0.3, 0.4) is 0 Å². The predicted octanol–water partition coefficient (Wildman–Crippen LogP) is 2.22. The minimum absolute atomic E-state index is 0.130. The van der Waals surface area contributed by atoms with Gasteiger partial charge < -0.3 is 10.4 Å². The van der Waals surface area contributed by atoms with Gasteiger partial charge in [-0.05, 0) is 31.1 Å². The zero-order valence-corrected chi connectivity index (χ0v) is 10.8. The molecule has 15 heavy (non-hydrogen) atoms. The van der Waals surface area contributed by atoms with Crippen LogP contribution in [0.5, 0.6) is 0 Å². The normalized spacial score (nSPS) is 11.7. The first-order valence-corrected chi connectivity index (χ1v) is 6.79. The van der Waals surface area contributed by atoms with E-state index in [1.54, 1.807) is 0 Å². The topological polar surface area (TPSA) is 49.3 Å². The van der Waals surface area contributed by atoms with Gasteiger partial charge in [-0.3, -0.25) is 4.79 Å². The van der Waals surface area contributed by atoms with Crippen LogP contribution in [0.1, 0.15) is 33.1 Å². The van der Waals surface area contributed by atoms with E-state index < -0.39 is 5.97 Å². The first kappa shape index (κ1) is 14.8. The van der Waals surface area contributed by atoms with Crippen LogP contribution >= 0.6 is 11.8 Å². The standard InChI is InChI=1S/C11H23NO2S/c1-11(2,5-4-10(13)14)6-7-12-8-9-15-3/h12H,4-9H2,1-3H3,(H,13,14). The Kier molecular flexibility index (Phi) is 7.88. The quantitative estimate of drug-likeness (QED) is 0.600. The number of carbonyl (C=O) groups is 1. The van der Waals surface area contributed by atoms with E-state index in [9.17, 15) is 4.79 Å². The van der Waals surface area contributed by atoms with Crippen LogP contribution < -0.4 is 5.32 Å². The molecule has 0 radical (unpaired) electrons. The molecular formula is C11H23NO2S. The zero-order valence-electron chi connectivity index (χ0n) is 10.0. The summed E-state index contributed by atoms with van der Waals surface area (Å²) in [5.74, 6) is 0.439. The highest BCUT2D eigenvalue weighted by atomic mass is 32.2. The third kappa shape index (κ3) is 10.1. The SMILES string of the molecule is CSCCNCCC(C)(C)CCC(=O)O. The minimum atomic E-state index is -0.696. The van der Waals surface area contributed by atoms with Crippen LogP contribution in [-0.4, -0.2) is 36.2 Å². The number of thioether (sulfide) groups is 1. The van der Waals surface area contributed by atoms with Crippen LogP contribution in [0, 0.1) is 5.41 Å². The first-order valence-electron chi connectivity index (χ1n) is 5.39. The maximum Gasteiger partial charge on any atom is 0.303 e. The highest BCUT2D eigenvalue weighted by Gasteiger charge is 2.18. The molecule has 90 valence electrons. The highest BCUT2D eigenvalue weighted by Crippen LogP contribution is 2.25. The Balaban J connectivity index is 3.50. The molecule has 0 fully saturated rings. The van der Waals surface area contributed by atoms with Crippen molar-refractivity contribution in [3.8, 4) is 0 Å². The van der Waals surface area contributed by atoms with E-state index in [0.717, 1.165) is 31.7 Å². The third-order valence-electron chi connectivity index (χ3n) is 2.48. The molecule has 0 saturated carbocycles. The van der Waals surface area contributed by atoms with Gasteiger partial charge >= 0.3 is 5.97 Å². The van der Waals surface area contributed by atoms with Gasteiger partial charge in [0.15, 0.2) is 0 Å². The smallest absolute Gasteiger partial charge is 0.303 e. The average molecular weight is 233 g/mol. The largest absolute Gasteiger partial charge is 0.481 e. The fourth-order valence-corrected chi connectivity index (χ4v) is 1.64. The number of nitrogens with one attached hydrogen (secondary N) is 1. The molecule has 0 atom stereocenters. The predicted molar refractivity (Wildman–Crippen MR) is 66.5 cm³/mol. The zero-order chi connectivity index (χ0) is 11.7. The molecule has 3 nitrogen and oxygen atoms in total. The van der Waals surface area contributed by atoms with Crippen LogP contribution in [-0.2, 0) is 4.79 Å². The fourth-order valence-electron chi connectivity index (χ4n) is 1.30. The fraction of sp³-hybridized carbons (Fsp3) is 0.909. The summed E-state index contributed by atoms with van der Waals surface area (Å²) in [7, 11) is 0. The molecule has 0 aliphatic carbocycles. The van der Waals surface area contributed by atoms with E-state index in [-0.39, 0.29) is 11.8 Å². The summed E-state index contributed by atoms with van der Waals surface area (Å²) < 4.78 is 0. The molecule has 0 spiro atoms. The Morgan fingerprint density at radius 2 is 2.00 bits per heavy atom. The van der Waals surface area contributed by atoms with Crippen LogP contribution in [0.4, 0.5) is 0 Å². The summed E-state index contributed by atoms with van der Waals surface area (Å²) in [5, 5.41) is 12.0. The summed E-state index contributed by atoms with van der Waals surface area (Å²) in [6.07, 6.45) is 4.16. The number of carboxylic acid groups (broad SMARTS) is 1. The lowest BCUT2D eigenvalue weighted by molar-refractivity contribution is -0.137. The van der Waals surface area contributed by atoms with Crippen molar-refractivity contribution in [3.63, 3.8) is 0 Å². The molecule has 4 heteroatoms. The van der Waals surface area contributed by atoms with Gasteiger partial charge in [0.05, 0.1) is 0 Å². The highest BCUT2D eigenvalue weighted by molar-refractivity contribution is 7.98. The van der Waals surface area contributed by atoms with Gasteiger partial charge in [-0.15, -0.1) is 0 Å². The molecule has 0 heterocycles. The maximum atomic E-state index is 10.4. The van der Waals surface area contributed by atoms with Crippen molar-refractivity contribution in [2.75, 3.05) is 25.1 Å². The number of aliphatic carboxylic acids is 1. The molecule has 0 aliphatic heterocycles. The molecule has 0 aromatic heterocycles. The second-order valence-electron chi connectivity index (χ2n) is 4.55. The van der Waals surface area contributed by atoms with Crippen molar-refractivity contribution in [1.82, 2.24) is 5.32 Å². The molecule has 0 aromatic rings. The van der Waals surface area contributed by atoms with E-state index in [2.05, 4.69) is 25.4 Å². The van der Waals surface area contributed by atoms with Crippen molar-refractivity contribution < 1.29 is 9.90 Å². The molecule has 0 aromatic carbocycles. The van der Waals surface area contributed by atoms with E-state index in [1.165, 1.54) is 0 Å². The van der Waals surface area contributed by atoms with Crippen LogP contribution in [0.25, 0.3) is 0 Å². The second-order valence-corrected chi connectivity index (χ2v) is 5.54. The Morgan fingerprint density at radius 3 is 2.53 bits per heavy atom. The van der Waals surface area contributed by atoms with Crippen molar-refractivity contribution in [2.24, 2.45) is 5.41 Å². The molecule has 2 N–H and O–H groups in total. The van der Waals surface area contributed by atoms with Crippen molar-refractivity contribution in [1.29, 1.82) is 0 Å². The lowest BCUT2D eigenvalue weighted by Gasteiger charge is -2.23. The van der Waals surface area contributed by atoms with E-state index >= 15 is 0 Å². The number of hydrogen-bond acceptors (Lipinski definition) is 3. The Hall–Kier alpha value is -0.220. The Labute approximate surface area is 97.0 Å². The van der Waals surface area contributed by atoms with Crippen LogP contribution in [0.2, 0.25) is 0 Å². The number of hydrogen-bond donors (Lipinski definition) is 2. The number of rotatable bonds is 9. The third-order valence-corrected chi connectivity index (χ3v) is 3.09. The molecule has 0 amide bonds.